The minimum atomic E-state index is 0.0426. The average Bonchev–Trinajstić information content (AvgIpc) is 3.37. The van der Waals surface area contributed by atoms with Crippen molar-refractivity contribution in [3.8, 4) is 17.1 Å². The van der Waals surface area contributed by atoms with Crippen LogP contribution in [0.25, 0.3) is 11.3 Å². The highest BCUT2D eigenvalue weighted by Crippen LogP contribution is 2.23. The number of carbonyl (C=O) groups excluding carboxylic acids is 1. The van der Waals surface area contributed by atoms with E-state index in [0.29, 0.717) is 31.0 Å². The van der Waals surface area contributed by atoms with Crippen LogP contribution in [-0.4, -0.2) is 62.2 Å². The molecule has 1 aliphatic heterocycles. The standard InChI is InChI=1S/C28H36N4O3/c1-22-6-5-7-24(20-22)32-18-16-31(17-19-32)15-4-3-14-29-27(33)12-13-28-30-21-26(35-28)23-8-10-25(34-2)11-9-23/h5-11,20-21H,3-4,12-19H2,1-2H3,(H,29,33). The van der Waals surface area contributed by atoms with Gasteiger partial charge in [0.05, 0.1) is 13.3 Å². The van der Waals surface area contributed by atoms with Crippen molar-refractivity contribution in [1.82, 2.24) is 15.2 Å². The number of hydrogen-bond acceptors (Lipinski definition) is 6. The lowest BCUT2D eigenvalue weighted by atomic mass is 10.2. The van der Waals surface area contributed by atoms with Gasteiger partial charge in [-0.1, -0.05) is 12.1 Å². The molecule has 7 nitrogen and oxygen atoms in total. The minimum Gasteiger partial charge on any atom is -0.497 e. The summed E-state index contributed by atoms with van der Waals surface area (Å²) in [5.74, 6) is 2.12. The number of benzene rings is 2. The molecule has 0 aliphatic carbocycles. The van der Waals surface area contributed by atoms with E-state index in [-0.39, 0.29) is 5.91 Å². The van der Waals surface area contributed by atoms with Crippen molar-refractivity contribution >= 4 is 11.6 Å². The second-order valence-corrected chi connectivity index (χ2v) is 9.07. The first-order chi connectivity index (χ1) is 17.1. The summed E-state index contributed by atoms with van der Waals surface area (Å²) >= 11 is 0. The Balaban J connectivity index is 1.07. The Kier molecular flexibility index (Phi) is 8.79. The molecule has 1 aromatic heterocycles. The van der Waals surface area contributed by atoms with E-state index < -0.39 is 0 Å². The van der Waals surface area contributed by atoms with Gasteiger partial charge in [-0.2, -0.15) is 0 Å². The van der Waals surface area contributed by atoms with Crippen molar-refractivity contribution in [2.24, 2.45) is 0 Å². The summed E-state index contributed by atoms with van der Waals surface area (Å²) in [6.45, 7) is 8.27. The van der Waals surface area contributed by atoms with Gasteiger partial charge < -0.3 is 19.4 Å². The van der Waals surface area contributed by atoms with Crippen molar-refractivity contribution < 1.29 is 13.9 Å². The van der Waals surface area contributed by atoms with Gasteiger partial charge in [-0.25, -0.2) is 4.98 Å². The van der Waals surface area contributed by atoms with E-state index in [1.807, 2.05) is 24.3 Å². The van der Waals surface area contributed by atoms with Gasteiger partial charge in [-0.05, 0) is 68.3 Å². The molecule has 7 heteroatoms. The topological polar surface area (TPSA) is 70.8 Å². The first-order valence-corrected chi connectivity index (χ1v) is 12.5. The molecule has 1 fully saturated rings. The second-order valence-electron chi connectivity index (χ2n) is 9.07. The maximum absolute atomic E-state index is 12.2. The van der Waals surface area contributed by atoms with Gasteiger partial charge in [0, 0.05) is 56.8 Å². The molecular formula is C28H36N4O3. The Bertz CT molecular complexity index is 1070. The summed E-state index contributed by atoms with van der Waals surface area (Å²) in [5.41, 5.74) is 3.57. The molecule has 1 N–H and O–H groups in total. The van der Waals surface area contributed by atoms with Crippen LogP contribution in [0.4, 0.5) is 5.69 Å². The predicted octanol–water partition coefficient (Wildman–Crippen LogP) is 4.31. The number of anilines is 1. The number of aromatic nitrogens is 1. The van der Waals surface area contributed by atoms with Gasteiger partial charge in [0.25, 0.3) is 0 Å². The van der Waals surface area contributed by atoms with E-state index in [0.717, 1.165) is 56.9 Å². The number of nitrogens with one attached hydrogen (secondary N) is 1. The average molecular weight is 477 g/mol. The largest absolute Gasteiger partial charge is 0.497 e. The fourth-order valence-corrected chi connectivity index (χ4v) is 4.37. The van der Waals surface area contributed by atoms with Crippen LogP contribution in [0.2, 0.25) is 0 Å². The highest BCUT2D eigenvalue weighted by atomic mass is 16.5. The van der Waals surface area contributed by atoms with E-state index in [1.165, 1.54) is 11.3 Å². The maximum Gasteiger partial charge on any atom is 0.220 e. The molecule has 186 valence electrons. The third kappa shape index (κ3) is 7.33. The minimum absolute atomic E-state index is 0.0426. The maximum atomic E-state index is 12.2. The van der Waals surface area contributed by atoms with Crippen molar-refractivity contribution in [3.63, 3.8) is 0 Å². The van der Waals surface area contributed by atoms with E-state index in [9.17, 15) is 4.79 Å². The molecule has 1 saturated heterocycles. The number of nitrogens with zero attached hydrogens (tertiary/aromatic N) is 3. The zero-order valence-electron chi connectivity index (χ0n) is 20.8. The summed E-state index contributed by atoms with van der Waals surface area (Å²) in [4.78, 5) is 21.5. The monoisotopic (exact) mass is 476 g/mol. The summed E-state index contributed by atoms with van der Waals surface area (Å²) in [7, 11) is 1.64. The number of ether oxygens (including phenoxy) is 1. The van der Waals surface area contributed by atoms with Gasteiger partial charge in [-0.3, -0.25) is 9.69 Å². The van der Waals surface area contributed by atoms with E-state index in [1.54, 1.807) is 13.3 Å². The molecule has 2 aromatic carbocycles. The van der Waals surface area contributed by atoms with E-state index in [4.69, 9.17) is 9.15 Å². The lowest BCUT2D eigenvalue weighted by Gasteiger charge is -2.36. The van der Waals surface area contributed by atoms with Crippen LogP contribution in [-0.2, 0) is 11.2 Å². The molecule has 3 aromatic rings. The second kappa shape index (κ2) is 12.4. The van der Waals surface area contributed by atoms with Crippen molar-refractivity contribution in [2.45, 2.75) is 32.6 Å². The number of aryl methyl sites for hydroxylation is 2. The summed E-state index contributed by atoms with van der Waals surface area (Å²) < 4.78 is 11.0. The number of carbonyl (C=O) groups is 1. The van der Waals surface area contributed by atoms with Crippen LogP contribution in [0.15, 0.2) is 59.1 Å². The molecule has 1 amide bonds. The van der Waals surface area contributed by atoms with Crippen molar-refractivity contribution in [1.29, 1.82) is 0 Å². The molecule has 2 heterocycles. The van der Waals surface area contributed by atoms with Gasteiger partial charge >= 0.3 is 0 Å². The molecular weight excluding hydrogens is 440 g/mol. The number of methoxy groups -OCH3 is 1. The number of rotatable bonds is 11. The van der Waals surface area contributed by atoms with Crippen LogP contribution in [0.1, 0.15) is 30.7 Å². The smallest absolute Gasteiger partial charge is 0.220 e. The van der Waals surface area contributed by atoms with Gasteiger partial charge in [0.1, 0.15) is 5.75 Å². The summed E-state index contributed by atoms with van der Waals surface area (Å²) in [6.07, 6.45) is 4.66. The molecule has 1 aliphatic rings. The van der Waals surface area contributed by atoms with Crippen LogP contribution in [0.5, 0.6) is 5.75 Å². The lowest BCUT2D eigenvalue weighted by Crippen LogP contribution is -2.46. The molecule has 0 unspecified atom stereocenters. The van der Waals surface area contributed by atoms with E-state index in [2.05, 4.69) is 51.3 Å². The molecule has 4 rings (SSSR count). The van der Waals surface area contributed by atoms with Crippen LogP contribution >= 0.6 is 0 Å². The Morgan fingerprint density at radius 1 is 1.09 bits per heavy atom. The van der Waals surface area contributed by atoms with Crippen LogP contribution in [0.3, 0.4) is 0 Å². The van der Waals surface area contributed by atoms with Gasteiger partial charge in [0.2, 0.25) is 5.91 Å². The Labute approximate surface area is 208 Å². The quantitative estimate of drug-likeness (QED) is 0.416. The van der Waals surface area contributed by atoms with Crippen molar-refractivity contribution in [2.75, 3.05) is 51.3 Å². The SMILES string of the molecule is COc1ccc(-c2cnc(CCC(=O)NCCCCN3CCN(c4cccc(C)c4)CC3)o2)cc1. The zero-order valence-corrected chi connectivity index (χ0v) is 20.8. The molecule has 0 atom stereocenters. The molecule has 0 bridgehead atoms. The third-order valence-corrected chi connectivity index (χ3v) is 6.46. The van der Waals surface area contributed by atoms with Crippen LogP contribution in [0, 0.1) is 6.92 Å². The first kappa shape index (κ1) is 24.8. The number of unbranched alkanes of at least 4 members (excludes halogenated alkanes) is 1. The number of amides is 1. The Hall–Kier alpha value is -3.32. The zero-order chi connectivity index (χ0) is 24.5. The number of piperazine rings is 1. The molecule has 35 heavy (non-hydrogen) atoms. The normalized spacial score (nSPS) is 14.2. The molecule has 0 spiro atoms. The fourth-order valence-electron chi connectivity index (χ4n) is 4.37. The lowest BCUT2D eigenvalue weighted by molar-refractivity contribution is -0.121. The third-order valence-electron chi connectivity index (χ3n) is 6.46. The highest BCUT2D eigenvalue weighted by molar-refractivity contribution is 5.76. The van der Waals surface area contributed by atoms with E-state index >= 15 is 0 Å². The first-order valence-electron chi connectivity index (χ1n) is 12.5. The Morgan fingerprint density at radius 3 is 2.63 bits per heavy atom. The fraction of sp³-hybridized carbons (Fsp3) is 0.429. The van der Waals surface area contributed by atoms with Gasteiger partial charge in [0.15, 0.2) is 11.7 Å². The number of oxazole rings is 1. The van der Waals surface area contributed by atoms with Crippen molar-refractivity contribution in [3.05, 3.63) is 66.2 Å². The van der Waals surface area contributed by atoms with Gasteiger partial charge in [-0.15, -0.1) is 0 Å². The Morgan fingerprint density at radius 2 is 1.89 bits per heavy atom. The summed E-state index contributed by atoms with van der Waals surface area (Å²) in [6, 6.07) is 16.4. The number of hydrogen-bond donors (Lipinski definition) is 1. The summed E-state index contributed by atoms with van der Waals surface area (Å²) in [5, 5.41) is 3.03. The highest BCUT2D eigenvalue weighted by Gasteiger charge is 2.17. The molecule has 0 saturated carbocycles. The predicted molar refractivity (Wildman–Crippen MR) is 139 cm³/mol. The molecule has 0 radical (unpaired) electrons. The van der Waals surface area contributed by atoms with Crippen LogP contribution < -0.4 is 15.0 Å².